The van der Waals surface area contributed by atoms with Gasteiger partial charge in [0, 0.05) is 12.1 Å². The summed E-state index contributed by atoms with van der Waals surface area (Å²) in [7, 11) is 1.79. The van der Waals surface area contributed by atoms with Crippen molar-refractivity contribution in [2.24, 2.45) is 0 Å². The van der Waals surface area contributed by atoms with Crippen molar-refractivity contribution in [1.29, 1.82) is 0 Å². The highest BCUT2D eigenvalue weighted by Crippen LogP contribution is 2.23. The number of carbonyl (C=O) groups is 2. The number of aliphatic carboxylic acids is 1. The fraction of sp³-hybridized carbons (Fsp3) is 0.857. The van der Waals surface area contributed by atoms with Crippen molar-refractivity contribution in [1.82, 2.24) is 10.2 Å². The maximum Gasteiger partial charge on any atom is 0.407 e. The number of likely N-dealkylation sites (N-methyl/N-ethyl adjacent to an activating group) is 1. The van der Waals surface area contributed by atoms with Crippen LogP contribution in [0, 0.1) is 0 Å². The van der Waals surface area contributed by atoms with Crippen LogP contribution in [0.4, 0.5) is 4.79 Å². The molecule has 0 spiro atoms. The topological polar surface area (TPSA) is 78.9 Å². The van der Waals surface area contributed by atoms with Gasteiger partial charge in [-0.1, -0.05) is 12.8 Å². The highest BCUT2D eigenvalue weighted by molar-refractivity contribution is 5.69. The molecule has 1 aliphatic carbocycles. The van der Waals surface area contributed by atoms with Gasteiger partial charge in [-0.05, 0) is 40.7 Å². The number of carboxylic acid groups (broad SMARTS) is 1. The monoisotopic (exact) mass is 286 g/mol. The summed E-state index contributed by atoms with van der Waals surface area (Å²) in [6.07, 6.45) is 3.41. The Bertz CT molecular complexity index is 352. The maximum absolute atomic E-state index is 11.8. The van der Waals surface area contributed by atoms with Crippen LogP contribution in [-0.2, 0) is 9.53 Å². The van der Waals surface area contributed by atoms with Crippen LogP contribution < -0.4 is 5.32 Å². The van der Waals surface area contributed by atoms with Crippen LogP contribution in [-0.4, -0.2) is 53.3 Å². The average molecular weight is 286 g/mol. The molecule has 2 atom stereocenters. The van der Waals surface area contributed by atoms with Crippen molar-refractivity contribution in [2.45, 2.75) is 64.1 Å². The van der Waals surface area contributed by atoms with E-state index in [2.05, 4.69) is 5.32 Å². The third-order valence-corrected chi connectivity index (χ3v) is 3.38. The smallest absolute Gasteiger partial charge is 0.407 e. The van der Waals surface area contributed by atoms with Gasteiger partial charge in [0.1, 0.15) is 5.60 Å². The molecule has 1 fully saturated rings. The minimum Gasteiger partial charge on any atom is -0.480 e. The third-order valence-electron chi connectivity index (χ3n) is 3.38. The van der Waals surface area contributed by atoms with E-state index in [0.717, 1.165) is 25.7 Å². The molecule has 0 heterocycles. The summed E-state index contributed by atoms with van der Waals surface area (Å²) in [6, 6.07) is -0.00433. The Morgan fingerprint density at radius 3 is 2.45 bits per heavy atom. The molecule has 0 aromatic heterocycles. The Labute approximate surface area is 120 Å². The van der Waals surface area contributed by atoms with Crippen LogP contribution in [0.25, 0.3) is 0 Å². The standard InChI is InChI=1S/C14H26N2O4/c1-14(2,3)20-13(19)15-10-7-5-6-8-11(10)16(4)9-12(17)18/h10-11H,5-9H2,1-4H3,(H,15,19)(H,17,18)/t10-,11+/m0/s1. The van der Waals surface area contributed by atoms with E-state index in [4.69, 9.17) is 9.84 Å². The molecule has 0 saturated heterocycles. The van der Waals surface area contributed by atoms with Crippen LogP contribution in [0.3, 0.4) is 0 Å². The molecular weight excluding hydrogens is 260 g/mol. The molecule has 0 aliphatic heterocycles. The number of alkyl carbamates (subject to hydrolysis) is 1. The number of nitrogens with one attached hydrogen (secondary N) is 1. The fourth-order valence-corrected chi connectivity index (χ4v) is 2.60. The van der Waals surface area contributed by atoms with Gasteiger partial charge in [-0.3, -0.25) is 9.69 Å². The zero-order chi connectivity index (χ0) is 15.3. The van der Waals surface area contributed by atoms with E-state index >= 15 is 0 Å². The summed E-state index contributed by atoms with van der Waals surface area (Å²) in [5, 5.41) is 11.8. The summed E-state index contributed by atoms with van der Waals surface area (Å²) >= 11 is 0. The van der Waals surface area contributed by atoms with Crippen molar-refractivity contribution >= 4 is 12.1 Å². The fourth-order valence-electron chi connectivity index (χ4n) is 2.60. The van der Waals surface area contributed by atoms with Gasteiger partial charge in [-0.15, -0.1) is 0 Å². The van der Waals surface area contributed by atoms with Gasteiger partial charge in [-0.25, -0.2) is 4.79 Å². The van der Waals surface area contributed by atoms with E-state index in [1.54, 1.807) is 11.9 Å². The van der Waals surface area contributed by atoms with E-state index < -0.39 is 17.7 Å². The highest BCUT2D eigenvalue weighted by Gasteiger charge is 2.31. The Hall–Kier alpha value is -1.30. The number of carbonyl (C=O) groups excluding carboxylic acids is 1. The summed E-state index contributed by atoms with van der Waals surface area (Å²) in [6.45, 7) is 5.45. The molecule has 20 heavy (non-hydrogen) atoms. The first-order valence-corrected chi connectivity index (χ1v) is 7.10. The molecule has 2 N–H and O–H groups in total. The van der Waals surface area contributed by atoms with Gasteiger partial charge >= 0.3 is 12.1 Å². The first kappa shape index (κ1) is 16.8. The number of amides is 1. The lowest BCUT2D eigenvalue weighted by Gasteiger charge is -2.37. The number of hydrogen-bond acceptors (Lipinski definition) is 4. The molecule has 1 rings (SSSR count). The molecule has 6 heteroatoms. The van der Waals surface area contributed by atoms with Crippen LogP contribution in [0.2, 0.25) is 0 Å². The number of nitrogens with zero attached hydrogens (tertiary/aromatic N) is 1. The minimum atomic E-state index is -0.853. The number of carboxylic acids is 1. The summed E-state index contributed by atoms with van der Waals surface area (Å²) in [4.78, 5) is 24.5. The molecule has 1 aliphatic rings. The van der Waals surface area contributed by atoms with Crippen LogP contribution in [0.15, 0.2) is 0 Å². The third kappa shape index (κ3) is 5.77. The van der Waals surface area contributed by atoms with Crippen molar-refractivity contribution in [3.05, 3.63) is 0 Å². The lowest BCUT2D eigenvalue weighted by Crippen LogP contribution is -2.53. The Kier molecular flexibility index (Phi) is 5.80. The summed E-state index contributed by atoms with van der Waals surface area (Å²) < 4.78 is 5.26. The Balaban J connectivity index is 2.60. The minimum absolute atomic E-state index is 0.0167. The van der Waals surface area contributed by atoms with Crippen molar-refractivity contribution in [2.75, 3.05) is 13.6 Å². The van der Waals surface area contributed by atoms with Gasteiger partial charge in [0.05, 0.1) is 6.54 Å². The number of rotatable bonds is 4. The second-order valence-corrected chi connectivity index (χ2v) is 6.41. The van der Waals surface area contributed by atoms with E-state index in [9.17, 15) is 9.59 Å². The number of ether oxygens (including phenoxy) is 1. The molecule has 116 valence electrons. The molecule has 0 radical (unpaired) electrons. The lowest BCUT2D eigenvalue weighted by atomic mass is 9.89. The zero-order valence-electron chi connectivity index (χ0n) is 12.8. The second kappa shape index (κ2) is 6.92. The van der Waals surface area contributed by atoms with Crippen molar-refractivity contribution in [3.63, 3.8) is 0 Å². The normalized spacial score (nSPS) is 23.4. The van der Waals surface area contributed by atoms with Gasteiger partial charge in [-0.2, -0.15) is 0 Å². The zero-order valence-corrected chi connectivity index (χ0v) is 12.8. The molecule has 6 nitrogen and oxygen atoms in total. The first-order chi connectivity index (χ1) is 9.19. The summed E-state index contributed by atoms with van der Waals surface area (Å²) in [5.41, 5.74) is -0.527. The number of hydrogen-bond donors (Lipinski definition) is 2. The predicted molar refractivity (Wildman–Crippen MR) is 75.7 cm³/mol. The largest absolute Gasteiger partial charge is 0.480 e. The predicted octanol–water partition coefficient (Wildman–Crippen LogP) is 1.84. The van der Waals surface area contributed by atoms with Gasteiger partial charge in [0.2, 0.25) is 0 Å². The van der Waals surface area contributed by atoms with Crippen molar-refractivity contribution in [3.8, 4) is 0 Å². The van der Waals surface area contributed by atoms with E-state index in [0.29, 0.717) is 0 Å². The highest BCUT2D eigenvalue weighted by atomic mass is 16.6. The maximum atomic E-state index is 11.8. The molecule has 0 aromatic carbocycles. The molecule has 1 saturated carbocycles. The Morgan fingerprint density at radius 2 is 1.90 bits per heavy atom. The molecule has 0 bridgehead atoms. The van der Waals surface area contributed by atoms with E-state index in [1.165, 1.54) is 0 Å². The van der Waals surface area contributed by atoms with E-state index in [-0.39, 0.29) is 18.6 Å². The van der Waals surface area contributed by atoms with Crippen LogP contribution in [0.5, 0.6) is 0 Å². The summed E-state index contributed by atoms with van der Waals surface area (Å²) in [5.74, 6) is -0.853. The lowest BCUT2D eigenvalue weighted by molar-refractivity contribution is -0.138. The quantitative estimate of drug-likeness (QED) is 0.824. The van der Waals surface area contributed by atoms with Gasteiger partial charge in [0.25, 0.3) is 0 Å². The molecular formula is C14H26N2O4. The second-order valence-electron chi connectivity index (χ2n) is 6.41. The van der Waals surface area contributed by atoms with Crippen LogP contribution in [0.1, 0.15) is 46.5 Å². The SMILES string of the molecule is CN(CC(=O)O)[C@@H]1CCCC[C@@H]1NC(=O)OC(C)(C)C. The van der Waals surface area contributed by atoms with Crippen molar-refractivity contribution < 1.29 is 19.4 Å². The average Bonchev–Trinajstić information content (AvgIpc) is 2.25. The van der Waals surface area contributed by atoms with Gasteiger partial charge in [0.15, 0.2) is 0 Å². The van der Waals surface area contributed by atoms with Gasteiger partial charge < -0.3 is 15.2 Å². The van der Waals surface area contributed by atoms with E-state index in [1.807, 2.05) is 20.8 Å². The Morgan fingerprint density at radius 1 is 1.30 bits per heavy atom. The van der Waals surface area contributed by atoms with Crippen LogP contribution >= 0.6 is 0 Å². The molecule has 0 unspecified atom stereocenters. The molecule has 1 amide bonds. The first-order valence-electron chi connectivity index (χ1n) is 7.10. The molecule has 0 aromatic rings.